The fourth-order valence-corrected chi connectivity index (χ4v) is 4.85. The van der Waals surface area contributed by atoms with Gasteiger partial charge in [0.15, 0.2) is 5.78 Å². The van der Waals surface area contributed by atoms with Crippen molar-refractivity contribution in [3.05, 3.63) is 84.3 Å². The number of aromatic nitrogens is 2. The Bertz CT molecular complexity index is 1380. The lowest BCUT2D eigenvalue weighted by molar-refractivity contribution is 0.0982. The number of carbonyl (C=O) groups excluding carboxylic acids is 1. The molecule has 164 valence electrons. The molecule has 0 spiro atoms. The van der Waals surface area contributed by atoms with Gasteiger partial charge >= 0.3 is 0 Å². The van der Waals surface area contributed by atoms with Crippen molar-refractivity contribution in [3.63, 3.8) is 0 Å². The lowest BCUT2D eigenvalue weighted by Gasteiger charge is -2.11. The lowest BCUT2D eigenvalue weighted by Crippen LogP contribution is -2.05. The minimum atomic E-state index is -3.77. The van der Waals surface area contributed by atoms with Gasteiger partial charge in [-0.3, -0.25) is 4.79 Å². The zero-order valence-corrected chi connectivity index (χ0v) is 18.5. The predicted octanol–water partition coefficient (Wildman–Crippen LogP) is 4.00. The normalized spacial score (nSPS) is 11.4. The van der Waals surface area contributed by atoms with Crippen LogP contribution in [-0.2, 0) is 16.3 Å². The summed E-state index contributed by atoms with van der Waals surface area (Å²) in [6.45, 7) is 0. The van der Waals surface area contributed by atoms with E-state index in [1.807, 2.05) is 0 Å². The summed E-state index contributed by atoms with van der Waals surface area (Å²) in [6, 6.07) is 14.7. The first kappa shape index (κ1) is 21.6. The summed E-state index contributed by atoms with van der Waals surface area (Å²) in [5, 5.41) is 0. The molecule has 4 aromatic rings. The summed E-state index contributed by atoms with van der Waals surface area (Å²) in [7, 11) is -0.852. The molecule has 0 amide bonds. The van der Waals surface area contributed by atoms with Crippen molar-refractivity contribution >= 4 is 21.3 Å². The van der Waals surface area contributed by atoms with Gasteiger partial charge in [0.25, 0.3) is 0 Å². The van der Waals surface area contributed by atoms with Gasteiger partial charge < -0.3 is 13.9 Å². The molecule has 8 heteroatoms. The quantitative estimate of drug-likeness (QED) is 0.377. The van der Waals surface area contributed by atoms with Crippen molar-refractivity contribution in [1.29, 1.82) is 0 Å². The number of rotatable bonds is 8. The Hall–Kier alpha value is -3.65. The molecule has 0 saturated carbocycles. The molecular formula is C24H22N2O5S. The highest BCUT2D eigenvalue weighted by atomic mass is 32.2. The van der Waals surface area contributed by atoms with Crippen LogP contribution in [0.1, 0.15) is 22.3 Å². The van der Waals surface area contributed by atoms with Crippen LogP contribution >= 0.6 is 0 Å². The van der Waals surface area contributed by atoms with E-state index in [1.54, 1.807) is 65.5 Å². The van der Waals surface area contributed by atoms with Gasteiger partial charge in [0.05, 0.1) is 19.1 Å². The van der Waals surface area contributed by atoms with Gasteiger partial charge in [0.2, 0.25) is 9.84 Å². The SMILES string of the molecule is COc1ccc(S(=O)(=O)c2ccc(CCC(=O)c3ccc4nccn4c3)cc2)c(OC)c1. The number of methoxy groups -OCH3 is 2. The van der Waals surface area contributed by atoms with Gasteiger partial charge in [-0.25, -0.2) is 13.4 Å². The fraction of sp³-hybridized carbons (Fsp3) is 0.167. The van der Waals surface area contributed by atoms with Crippen LogP contribution in [0.4, 0.5) is 0 Å². The lowest BCUT2D eigenvalue weighted by atomic mass is 10.0. The van der Waals surface area contributed by atoms with E-state index in [-0.39, 0.29) is 21.3 Å². The highest BCUT2D eigenvalue weighted by molar-refractivity contribution is 7.91. The van der Waals surface area contributed by atoms with Crippen molar-refractivity contribution in [1.82, 2.24) is 9.38 Å². The molecule has 0 aliphatic carbocycles. The zero-order chi connectivity index (χ0) is 22.7. The van der Waals surface area contributed by atoms with E-state index >= 15 is 0 Å². The maximum atomic E-state index is 13.1. The van der Waals surface area contributed by atoms with Crippen LogP contribution in [0.3, 0.4) is 0 Å². The van der Waals surface area contributed by atoms with E-state index in [2.05, 4.69) is 4.98 Å². The highest BCUT2D eigenvalue weighted by Gasteiger charge is 2.22. The monoisotopic (exact) mass is 450 g/mol. The summed E-state index contributed by atoms with van der Waals surface area (Å²) in [6.07, 6.45) is 6.07. The average molecular weight is 451 g/mol. The van der Waals surface area contributed by atoms with Crippen LogP contribution in [0.2, 0.25) is 0 Å². The van der Waals surface area contributed by atoms with Gasteiger partial charge in [0.1, 0.15) is 22.0 Å². The van der Waals surface area contributed by atoms with Crippen molar-refractivity contribution in [3.8, 4) is 11.5 Å². The Morgan fingerprint density at radius 3 is 2.50 bits per heavy atom. The second-order valence-electron chi connectivity index (χ2n) is 7.20. The molecule has 0 radical (unpaired) electrons. The molecule has 0 N–H and O–H groups in total. The van der Waals surface area contributed by atoms with Gasteiger partial charge in [0, 0.05) is 36.6 Å². The summed E-state index contributed by atoms with van der Waals surface area (Å²) < 4.78 is 38.3. The van der Waals surface area contributed by atoms with E-state index in [9.17, 15) is 13.2 Å². The Balaban J connectivity index is 1.48. The summed E-state index contributed by atoms with van der Waals surface area (Å²) in [4.78, 5) is 17.0. The summed E-state index contributed by atoms with van der Waals surface area (Å²) in [5.41, 5.74) is 2.27. The molecule has 0 saturated heterocycles. The van der Waals surface area contributed by atoms with Crippen LogP contribution in [0.15, 0.2) is 83.0 Å². The second-order valence-corrected chi connectivity index (χ2v) is 9.12. The number of nitrogens with zero attached hydrogens (tertiary/aromatic N) is 2. The molecule has 0 unspecified atom stereocenters. The van der Waals surface area contributed by atoms with E-state index in [4.69, 9.17) is 9.47 Å². The van der Waals surface area contributed by atoms with Crippen LogP contribution < -0.4 is 9.47 Å². The average Bonchev–Trinajstić information content (AvgIpc) is 3.30. The molecule has 0 fully saturated rings. The number of aryl methyl sites for hydroxylation is 1. The standard InChI is InChI=1S/C24H22N2O5S/c1-30-19-7-11-23(22(15-19)31-2)32(28,29)20-8-3-17(4-9-20)5-10-21(27)18-6-12-24-25-13-14-26(24)16-18/h3-4,6-9,11-16H,5,10H2,1-2H3. The van der Waals surface area contributed by atoms with Crippen LogP contribution in [0.25, 0.3) is 5.65 Å². The van der Waals surface area contributed by atoms with Crippen molar-refractivity contribution in [2.75, 3.05) is 14.2 Å². The van der Waals surface area contributed by atoms with E-state index in [0.29, 0.717) is 24.2 Å². The Labute approximate surface area is 186 Å². The van der Waals surface area contributed by atoms with Crippen molar-refractivity contribution in [2.24, 2.45) is 0 Å². The molecule has 2 heterocycles. The first-order chi connectivity index (χ1) is 15.4. The highest BCUT2D eigenvalue weighted by Crippen LogP contribution is 2.32. The van der Waals surface area contributed by atoms with E-state index in [1.165, 1.54) is 26.4 Å². The molecule has 0 aliphatic rings. The topological polar surface area (TPSA) is 87.0 Å². The minimum Gasteiger partial charge on any atom is -0.497 e. The largest absolute Gasteiger partial charge is 0.497 e. The number of pyridine rings is 1. The maximum absolute atomic E-state index is 13.1. The van der Waals surface area contributed by atoms with Crippen LogP contribution in [-0.4, -0.2) is 37.8 Å². The van der Waals surface area contributed by atoms with Crippen LogP contribution in [0, 0.1) is 0 Å². The number of hydrogen-bond acceptors (Lipinski definition) is 6. The van der Waals surface area contributed by atoms with Gasteiger partial charge in [-0.1, -0.05) is 12.1 Å². The van der Waals surface area contributed by atoms with Gasteiger partial charge in [-0.15, -0.1) is 0 Å². The number of imidazole rings is 1. The van der Waals surface area contributed by atoms with Gasteiger partial charge in [-0.2, -0.15) is 0 Å². The fourth-order valence-electron chi connectivity index (χ4n) is 3.45. The first-order valence-electron chi connectivity index (χ1n) is 9.94. The number of sulfone groups is 1. The number of fused-ring (bicyclic) bond motifs is 1. The van der Waals surface area contributed by atoms with Crippen LogP contribution in [0.5, 0.6) is 11.5 Å². The molecule has 7 nitrogen and oxygen atoms in total. The van der Waals surface area contributed by atoms with Crippen molar-refractivity contribution in [2.45, 2.75) is 22.6 Å². The maximum Gasteiger partial charge on any atom is 0.210 e. The molecule has 4 rings (SSSR count). The molecule has 0 atom stereocenters. The molecule has 0 bridgehead atoms. The van der Waals surface area contributed by atoms with Gasteiger partial charge in [-0.05, 0) is 48.4 Å². The number of ether oxygens (including phenoxy) is 2. The summed E-state index contributed by atoms with van der Waals surface area (Å²) in [5.74, 6) is 0.738. The smallest absolute Gasteiger partial charge is 0.210 e. The third-order valence-electron chi connectivity index (χ3n) is 5.25. The number of Topliss-reactive ketones (excluding diaryl/α,β-unsaturated/α-hetero) is 1. The Kier molecular flexibility index (Phi) is 5.96. The molecule has 0 aliphatic heterocycles. The molecular weight excluding hydrogens is 428 g/mol. The molecule has 32 heavy (non-hydrogen) atoms. The predicted molar refractivity (Wildman–Crippen MR) is 119 cm³/mol. The minimum absolute atomic E-state index is 0.0141. The second kappa shape index (κ2) is 8.84. The molecule has 2 aromatic carbocycles. The molecule has 2 aromatic heterocycles. The number of ketones is 1. The van der Waals surface area contributed by atoms with E-state index < -0.39 is 9.84 Å². The number of benzene rings is 2. The number of carbonyl (C=O) groups is 1. The first-order valence-corrected chi connectivity index (χ1v) is 11.4. The Morgan fingerprint density at radius 1 is 1.00 bits per heavy atom. The number of hydrogen-bond donors (Lipinski definition) is 0. The van der Waals surface area contributed by atoms with E-state index in [0.717, 1.165) is 11.2 Å². The third kappa shape index (κ3) is 4.22. The zero-order valence-electron chi connectivity index (χ0n) is 17.7. The van der Waals surface area contributed by atoms with Crippen molar-refractivity contribution < 1.29 is 22.7 Å². The summed E-state index contributed by atoms with van der Waals surface area (Å²) >= 11 is 0. The third-order valence-corrected chi connectivity index (χ3v) is 7.05. The Morgan fingerprint density at radius 2 is 1.78 bits per heavy atom.